The first kappa shape index (κ1) is 20.8. The Labute approximate surface area is 180 Å². The second kappa shape index (κ2) is 7.98. The molecular formula is C21H24N4O3S2. The van der Waals surface area contributed by atoms with Crippen LogP contribution < -0.4 is 4.90 Å². The van der Waals surface area contributed by atoms with Gasteiger partial charge in [-0.05, 0) is 43.2 Å². The van der Waals surface area contributed by atoms with Crippen molar-refractivity contribution in [1.82, 2.24) is 14.3 Å². The van der Waals surface area contributed by atoms with Crippen molar-refractivity contribution in [3.8, 4) is 11.3 Å². The predicted octanol–water partition coefficient (Wildman–Crippen LogP) is 3.68. The highest BCUT2D eigenvalue weighted by Crippen LogP contribution is 2.32. The first-order valence-corrected chi connectivity index (χ1v) is 12.2. The van der Waals surface area contributed by atoms with Gasteiger partial charge in [0.05, 0.1) is 15.6 Å². The number of fused-ring (bicyclic) bond motifs is 1. The summed E-state index contributed by atoms with van der Waals surface area (Å²) in [6.07, 6.45) is 2.42. The van der Waals surface area contributed by atoms with Crippen molar-refractivity contribution in [2.45, 2.75) is 32.1 Å². The van der Waals surface area contributed by atoms with E-state index in [1.807, 2.05) is 32.2 Å². The molecule has 1 amide bonds. The maximum atomic E-state index is 13.1. The average molecular weight is 445 g/mol. The summed E-state index contributed by atoms with van der Waals surface area (Å²) < 4.78 is 27.0. The Bertz CT molecular complexity index is 1190. The Morgan fingerprint density at radius 1 is 1.27 bits per heavy atom. The molecule has 0 bridgehead atoms. The van der Waals surface area contributed by atoms with E-state index in [2.05, 4.69) is 9.97 Å². The van der Waals surface area contributed by atoms with E-state index < -0.39 is 10.0 Å². The zero-order valence-corrected chi connectivity index (χ0v) is 18.8. The lowest BCUT2D eigenvalue weighted by Gasteiger charge is -2.20. The third-order valence-corrected chi connectivity index (χ3v) is 8.18. The molecule has 0 spiro atoms. The van der Waals surface area contributed by atoms with Crippen LogP contribution in [0.5, 0.6) is 0 Å². The molecule has 9 heteroatoms. The van der Waals surface area contributed by atoms with E-state index in [1.165, 1.54) is 4.31 Å². The van der Waals surface area contributed by atoms with Gasteiger partial charge < -0.3 is 9.88 Å². The minimum atomic E-state index is -3.52. The molecule has 4 rings (SSSR count). The fourth-order valence-electron chi connectivity index (χ4n) is 3.77. The number of amides is 1. The number of carbonyl (C=O) groups is 1. The summed E-state index contributed by atoms with van der Waals surface area (Å²) in [5, 5.41) is 2.94. The van der Waals surface area contributed by atoms with Gasteiger partial charge in [-0.2, -0.15) is 4.31 Å². The molecule has 3 heterocycles. The number of nitrogens with one attached hydrogen (secondary N) is 1. The van der Waals surface area contributed by atoms with E-state index in [0.29, 0.717) is 31.7 Å². The molecule has 1 aromatic carbocycles. The topological polar surface area (TPSA) is 86.4 Å². The first-order chi connectivity index (χ1) is 14.3. The Kier molecular flexibility index (Phi) is 5.52. The van der Waals surface area contributed by atoms with Crippen LogP contribution in [-0.2, 0) is 16.4 Å². The maximum Gasteiger partial charge on any atom is 0.274 e. The molecule has 0 unspecified atom stereocenters. The Morgan fingerprint density at radius 2 is 2.03 bits per heavy atom. The molecule has 1 aliphatic rings. The molecule has 0 radical (unpaired) electrons. The van der Waals surface area contributed by atoms with Crippen molar-refractivity contribution in [3.63, 3.8) is 0 Å². The summed E-state index contributed by atoms with van der Waals surface area (Å²) in [5.74, 6) is -0.133. The number of aromatic amines is 1. The number of aromatic nitrogens is 2. The number of anilines is 1. The van der Waals surface area contributed by atoms with Crippen LogP contribution in [-0.4, -0.2) is 48.2 Å². The minimum absolute atomic E-state index is 0.133. The molecule has 0 fully saturated rings. The van der Waals surface area contributed by atoms with Crippen molar-refractivity contribution < 1.29 is 13.2 Å². The monoisotopic (exact) mass is 444 g/mol. The second-order valence-electron chi connectivity index (χ2n) is 7.14. The molecule has 0 aliphatic carbocycles. The van der Waals surface area contributed by atoms with Gasteiger partial charge in [-0.15, -0.1) is 11.3 Å². The van der Waals surface area contributed by atoms with E-state index >= 15 is 0 Å². The SMILES string of the molecule is CCN(CC)S(=O)(=O)c1ccc2c(c1)CCN2C(=O)c1cc(-c2csc(C)n2)c[nH]1. The van der Waals surface area contributed by atoms with Crippen LogP contribution in [0.4, 0.5) is 5.69 Å². The summed E-state index contributed by atoms with van der Waals surface area (Å²) in [7, 11) is -3.52. The van der Waals surface area contributed by atoms with Gasteiger partial charge in [0.15, 0.2) is 0 Å². The van der Waals surface area contributed by atoms with Gasteiger partial charge in [0.1, 0.15) is 5.69 Å². The highest BCUT2D eigenvalue weighted by Gasteiger charge is 2.29. The van der Waals surface area contributed by atoms with E-state index in [4.69, 9.17) is 0 Å². The van der Waals surface area contributed by atoms with Gasteiger partial charge in [-0.3, -0.25) is 4.79 Å². The molecule has 1 aliphatic heterocycles. The summed E-state index contributed by atoms with van der Waals surface area (Å²) in [4.78, 5) is 22.6. The number of nitrogens with zero attached hydrogens (tertiary/aromatic N) is 3. The molecule has 3 aromatic rings. The third-order valence-electron chi connectivity index (χ3n) is 5.36. The molecule has 0 atom stereocenters. The van der Waals surface area contributed by atoms with Crippen molar-refractivity contribution in [2.75, 3.05) is 24.5 Å². The number of carbonyl (C=O) groups excluding carboxylic acids is 1. The normalized spacial score (nSPS) is 13.8. The highest BCUT2D eigenvalue weighted by atomic mass is 32.2. The molecule has 158 valence electrons. The van der Waals surface area contributed by atoms with Crippen molar-refractivity contribution >= 4 is 33.0 Å². The quantitative estimate of drug-likeness (QED) is 0.628. The third kappa shape index (κ3) is 3.57. The van der Waals surface area contributed by atoms with Crippen LogP contribution in [0.2, 0.25) is 0 Å². The van der Waals surface area contributed by atoms with Crippen LogP contribution in [0, 0.1) is 6.92 Å². The number of thiazole rings is 1. The molecule has 1 N–H and O–H groups in total. The van der Waals surface area contributed by atoms with Gasteiger partial charge in [0.25, 0.3) is 5.91 Å². The summed E-state index contributed by atoms with van der Waals surface area (Å²) >= 11 is 1.57. The van der Waals surface area contributed by atoms with Crippen molar-refractivity contribution in [2.24, 2.45) is 0 Å². The average Bonchev–Trinajstić information content (AvgIpc) is 3.46. The fourth-order valence-corrected chi connectivity index (χ4v) is 5.90. The van der Waals surface area contributed by atoms with Crippen molar-refractivity contribution in [3.05, 3.63) is 52.1 Å². The molecule has 0 saturated carbocycles. The maximum absolute atomic E-state index is 13.1. The van der Waals surface area contributed by atoms with Gasteiger partial charge in [-0.1, -0.05) is 13.8 Å². The summed E-state index contributed by atoms with van der Waals surface area (Å²) in [5.41, 5.74) is 3.85. The number of rotatable bonds is 6. The number of hydrogen-bond acceptors (Lipinski definition) is 5. The molecule has 0 saturated heterocycles. The lowest BCUT2D eigenvalue weighted by atomic mass is 10.2. The van der Waals surface area contributed by atoms with Gasteiger partial charge >= 0.3 is 0 Å². The number of hydrogen-bond donors (Lipinski definition) is 1. The van der Waals surface area contributed by atoms with E-state index in [1.54, 1.807) is 40.6 Å². The largest absolute Gasteiger partial charge is 0.357 e. The zero-order chi connectivity index (χ0) is 21.5. The van der Waals surface area contributed by atoms with E-state index in [0.717, 1.165) is 27.5 Å². The Morgan fingerprint density at radius 3 is 2.70 bits per heavy atom. The highest BCUT2D eigenvalue weighted by molar-refractivity contribution is 7.89. The second-order valence-corrected chi connectivity index (χ2v) is 10.1. The molecule has 2 aromatic heterocycles. The van der Waals surface area contributed by atoms with Gasteiger partial charge in [-0.25, -0.2) is 13.4 Å². The van der Waals surface area contributed by atoms with Crippen molar-refractivity contribution in [1.29, 1.82) is 0 Å². The van der Waals surface area contributed by atoms with Gasteiger partial charge in [0.2, 0.25) is 10.0 Å². The smallest absolute Gasteiger partial charge is 0.274 e. The zero-order valence-electron chi connectivity index (χ0n) is 17.2. The number of H-pyrrole nitrogens is 1. The van der Waals surface area contributed by atoms with Crippen LogP contribution >= 0.6 is 11.3 Å². The number of benzene rings is 1. The minimum Gasteiger partial charge on any atom is -0.357 e. The van der Waals surface area contributed by atoms with E-state index in [9.17, 15) is 13.2 Å². The predicted molar refractivity (Wildman–Crippen MR) is 119 cm³/mol. The van der Waals surface area contributed by atoms with E-state index in [-0.39, 0.29) is 10.8 Å². The lowest BCUT2D eigenvalue weighted by Crippen LogP contribution is -2.31. The van der Waals surface area contributed by atoms with Gasteiger partial charge in [0, 0.05) is 42.5 Å². The summed E-state index contributed by atoms with van der Waals surface area (Å²) in [6, 6.07) is 6.85. The lowest BCUT2D eigenvalue weighted by molar-refractivity contribution is 0.0985. The molecular weight excluding hydrogens is 420 g/mol. The van der Waals surface area contributed by atoms with Crippen LogP contribution in [0.1, 0.15) is 34.9 Å². The standard InChI is InChI=1S/C21H24N4O3S2/c1-4-24(5-2)30(27,28)17-6-7-20-15(10-17)8-9-25(20)21(26)18-11-16(12-22-18)19-13-29-14(3)23-19/h6-7,10-13,22H,4-5,8-9H2,1-3H3. The summed E-state index contributed by atoms with van der Waals surface area (Å²) in [6.45, 7) is 6.97. The Balaban J connectivity index is 1.59. The van der Waals surface area contributed by atoms with Crippen LogP contribution in [0.3, 0.4) is 0 Å². The van der Waals surface area contributed by atoms with Crippen LogP contribution in [0.25, 0.3) is 11.3 Å². The Hall–Kier alpha value is -2.49. The molecule has 30 heavy (non-hydrogen) atoms. The fraction of sp³-hybridized carbons (Fsp3) is 0.333. The number of sulfonamides is 1. The molecule has 7 nitrogen and oxygen atoms in total. The van der Waals surface area contributed by atoms with Crippen LogP contribution in [0.15, 0.2) is 40.7 Å². The first-order valence-electron chi connectivity index (χ1n) is 9.91. The number of aryl methyl sites for hydroxylation is 1.